The molecule has 4 atom stereocenters. The van der Waals surface area contributed by atoms with E-state index >= 15 is 0 Å². The molecule has 3 aliphatic carbocycles. The van der Waals surface area contributed by atoms with Gasteiger partial charge in [0.2, 0.25) is 0 Å². The maximum atomic E-state index is 6.18. The molecular formula is C26H32O2. The van der Waals surface area contributed by atoms with Gasteiger partial charge < -0.3 is 9.47 Å². The first kappa shape index (κ1) is 18.5. The first-order valence-electron chi connectivity index (χ1n) is 11.2. The topological polar surface area (TPSA) is 18.5 Å². The van der Waals surface area contributed by atoms with Gasteiger partial charge in [-0.25, -0.2) is 0 Å². The quantitative estimate of drug-likeness (QED) is 0.426. The number of hydrogen-bond donors (Lipinski definition) is 0. The Morgan fingerprint density at radius 1 is 1.00 bits per heavy atom. The molecule has 1 aliphatic heterocycles. The van der Waals surface area contributed by atoms with Crippen molar-refractivity contribution in [3.8, 4) is 11.8 Å². The molecule has 1 heterocycles. The van der Waals surface area contributed by atoms with Crippen molar-refractivity contribution in [1.29, 1.82) is 0 Å². The van der Waals surface area contributed by atoms with Crippen LogP contribution in [0.25, 0.3) is 0 Å². The number of fused-ring (bicyclic) bond motifs is 3. The fourth-order valence-corrected chi connectivity index (χ4v) is 6.81. The summed E-state index contributed by atoms with van der Waals surface area (Å²) in [7, 11) is 0. The van der Waals surface area contributed by atoms with Crippen LogP contribution in [0, 0.1) is 34.5 Å². The number of hydrogen-bond acceptors (Lipinski definition) is 2. The Kier molecular flexibility index (Phi) is 4.45. The zero-order valence-corrected chi connectivity index (χ0v) is 17.3. The molecule has 2 heteroatoms. The Hall–Kier alpha value is -1.56. The van der Waals surface area contributed by atoms with Gasteiger partial charge in [-0.05, 0) is 67.6 Å². The van der Waals surface area contributed by atoms with E-state index in [0.29, 0.717) is 11.8 Å². The Balaban J connectivity index is 1.51. The van der Waals surface area contributed by atoms with E-state index in [0.717, 1.165) is 31.6 Å². The molecule has 1 spiro atoms. The van der Waals surface area contributed by atoms with Crippen LogP contribution in [-0.4, -0.2) is 19.0 Å². The SMILES string of the molecule is CC1[C@@H]2CC[C@@]3(C#Cc4ccccc4)CCCC=C3C2(C)CCC12OCCO2. The fraction of sp³-hybridized carbons (Fsp3) is 0.615. The summed E-state index contributed by atoms with van der Waals surface area (Å²) in [6.45, 7) is 6.40. The van der Waals surface area contributed by atoms with Crippen molar-refractivity contribution in [1.82, 2.24) is 0 Å². The minimum absolute atomic E-state index is 0.0704. The van der Waals surface area contributed by atoms with E-state index < -0.39 is 0 Å². The highest BCUT2D eigenvalue weighted by atomic mass is 16.7. The van der Waals surface area contributed by atoms with Crippen LogP contribution in [0.4, 0.5) is 0 Å². The van der Waals surface area contributed by atoms with E-state index in [9.17, 15) is 0 Å². The molecule has 2 saturated carbocycles. The summed E-state index contributed by atoms with van der Waals surface area (Å²) in [5.74, 6) is 8.08. The summed E-state index contributed by atoms with van der Waals surface area (Å²) in [5, 5.41) is 0. The zero-order chi connectivity index (χ0) is 19.2. The predicted octanol–water partition coefficient (Wildman–Crippen LogP) is 5.72. The van der Waals surface area contributed by atoms with Crippen LogP contribution in [0.5, 0.6) is 0 Å². The minimum atomic E-state index is -0.324. The molecule has 1 saturated heterocycles. The lowest BCUT2D eigenvalue weighted by Crippen LogP contribution is -2.56. The van der Waals surface area contributed by atoms with Crippen LogP contribution in [0.3, 0.4) is 0 Å². The molecule has 0 amide bonds. The largest absolute Gasteiger partial charge is 0.347 e. The Labute approximate surface area is 169 Å². The van der Waals surface area contributed by atoms with E-state index in [4.69, 9.17) is 9.47 Å². The molecule has 3 fully saturated rings. The number of ether oxygens (including phenoxy) is 2. The highest BCUT2D eigenvalue weighted by Gasteiger charge is 2.60. The smallest absolute Gasteiger partial charge is 0.171 e. The lowest BCUT2D eigenvalue weighted by Gasteiger charge is -2.60. The molecule has 0 bridgehead atoms. The van der Waals surface area contributed by atoms with Crippen molar-refractivity contribution in [3.63, 3.8) is 0 Å². The van der Waals surface area contributed by atoms with Crippen molar-refractivity contribution in [2.24, 2.45) is 22.7 Å². The van der Waals surface area contributed by atoms with E-state index in [1.54, 1.807) is 5.57 Å². The standard InChI is InChI=1S/C26H32O2/c1-20-22-12-15-25(14-11-21-8-4-3-5-9-21)13-7-6-10-23(25)24(22,2)16-17-26(20)27-18-19-28-26/h3-5,8-10,20,22H,6-7,12-13,15-19H2,1-2H3/t20?,22-,24?,25-/m0/s1. The third-order valence-electron chi connectivity index (χ3n) is 8.27. The number of rotatable bonds is 0. The molecular weight excluding hydrogens is 344 g/mol. The summed E-state index contributed by atoms with van der Waals surface area (Å²) < 4.78 is 12.4. The normalized spacial score (nSPS) is 38.7. The van der Waals surface area contributed by atoms with E-state index in [2.05, 4.69) is 62.1 Å². The van der Waals surface area contributed by atoms with E-state index in [1.807, 2.05) is 0 Å². The van der Waals surface area contributed by atoms with Crippen molar-refractivity contribution in [2.45, 2.75) is 64.6 Å². The molecule has 2 unspecified atom stereocenters. The summed E-state index contributed by atoms with van der Waals surface area (Å²) in [6.07, 6.45) is 10.8. The second-order valence-corrected chi connectivity index (χ2v) is 9.57. The molecule has 0 radical (unpaired) electrons. The molecule has 28 heavy (non-hydrogen) atoms. The van der Waals surface area contributed by atoms with Crippen molar-refractivity contribution in [3.05, 3.63) is 47.5 Å². The molecule has 5 rings (SSSR count). The lowest BCUT2D eigenvalue weighted by molar-refractivity contribution is -0.243. The van der Waals surface area contributed by atoms with Crippen LogP contribution in [-0.2, 0) is 9.47 Å². The summed E-state index contributed by atoms with van der Waals surface area (Å²) in [6, 6.07) is 10.5. The summed E-state index contributed by atoms with van der Waals surface area (Å²) >= 11 is 0. The highest BCUT2D eigenvalue weighted by molar-refractivity contribution is 5.43. The number of benzene rings is 1. The van der Waals surface area contributed by atoms with Crippen LogP contribution in [0.15, 0.2) is 42.0 Å². The van der Waals surface area contributed by atoms with Gasteiger partial charge in [0, 0.05) is 17.9 Å². The van der Waals surface area contributed by atoms with Gasteiger partial charge in [0.05, 0.1) is 18.6 Å². The molecule has 4 aliphatic rings. The van der Waals surface area contributed by atoms with Crippen molar-refractivity contribution < 1.29 is 9.47 Å². The predicted molar refractivity (Wildman–Crippen MR) is 112 cm³/mol. The fourth-order valence-electron chi connectivity index (χ4n) is 6.81. The van der Waals surface area contributed by atoms with Gasteiger partial charge in [-0.3, -0.25) is 0 Å². The molecule has 0 aromatic heterocycles. The van der Waals surface area contributed by atoms with Gasteiger partial charge in [0.25, 0.3) is 0 Å². The van der Waals surface area contributed by atoms with E-state index in [-0.39, 0.29) is 16.6 Å². The Morgan fingerprint density at radius 2 is 1.79 bits per heavy atom. The molecule has 1 aromatic carbocycles. The average molecular weight is 377 g/mol. The molecule has 1 aromatic rings. The van der Waals surface area contributed by atoms with Gasteiger partial charge in [-0.15, -0.1) is 0 Å². The van der Waals surface area contributed by atoms with Gasteiger partial charge >= 0.3 is 0 Å². The second-order valence-electron chi connectivity index (χ2n) is 9.57. The summed E-state index contributed by atoms with van der Waals surface area (Å²) in [4.78, 5) is 0. The maximum absolute atomic E-state index is 6.18. The van der Waals surface area contributed by atoms with Crippen LogP contribution in [0.2, 0.25) is 0 Å². The van der Waals surface area contributed by atoms with Gasteiger partial charge in [-0.1, -0.05) is 50.0 Å². The molecule has 2 nitrogen and oxygen atoms in total. The lowest BCUT2D eigenvalue weighted by atomic mass is 9.46. The van der Waals surface area contributed by atoms with Crippen LogP contribution < -0.4 is 0 Å². The minimum Gasteiger partial charge on any atom is -0.347 e. The number of allylic oxidation sites excluding steroid dienone is 2. The highest BCUT2D eigenvalue weighted by Crippen LogP contribution is 2.65. The average Bonchev–Trinajstić information content (AvgIpc) is 3.21. The van der Waals surface area contributed by atoms with Gasteiger partial charge in [0.15, 0.2) is 5.79 Å². The maximum Gasteiger partial charge on any atom is 0.171 e. The van der Waals surface area contributed by atoms with Crippen molar-refractivity contribution >= 4 is 0 Å². The van der Waals surface area contributed by atoms with Gasteiger partial charge in [0.1, 0.15) is 0 Å². The van der Waals surface area contributed by atoms with Crippen LogP contribution >= 0.6 is 0 Å². The zero-order valence-electron chi connectivity index (χ0n) is 17.3. The summed E-state index contributed by atoms with van der Waals surface area (Å²) in [5.41, 5.74) is 3.08. The van der Waals surface area contributed by atoms with E-state index in [1.165, 1.54) is 32.1 Å². The second kappa shape index (κ2) is 6.75. The van der Waals surface area contributed by atoms with Crippen molar-refractivity contribution in [2.75, 3.05) is 13.2 Å². The Morgan fingerprint density at radius 3 is 2.57 bits per heavy atom. The first-order valence-corrected chi connectivity index (χ1v) is 11.2. The third-order valence-corrected chi connectivity index (χ3v) is 8.27. The monoisotopic (exact) mass is 376 g/mol. The van der Waals surface area contributed by atoms with Crippen LogP contribution in [0.1, 0.15) is 64.4 Å². The molecule has 0 N–H and O–H groups in total. The molecule has 148 valence electrons. The third kappa shape index (κ3) is 2.71. The van der Waals surface area contributed by atoms with Gasteiger partial charge in [-0.2, -0.15) is 0 Å². The Bertz CT molecular complexity index is 823. The first-order chi connectivity index (χ1) is 13.6.